The minimum absolute atomic E-state index is 0.384. The lowest BCUT2D eigenvalue weighted by Gasteiger charge is -2.34. The average Bonchev–Trinajstić information content (AvgIpc) is 2.67. The Morgan fingerprint density at radius 3 is 2.54 bits per heavy atom. The average molecular weight is 364 g/mol. The summed E-state index contributed by atoms with van der Waals surface area (Å²) in [5.41, 5.74) is 1.10. The van der Waals surface area contributed by atoms with E-state index in [4.69, 9.17) is 19.2 Å². The lowest BCUT2D eigenvalue weighted by molar-refractivity contribution is 0.0263. The molecule has 1 saturated heterocycles. The van der Waals surface area contributed by atoms with Gasteiger partial charge in [-0.2, -0.15) is 0 Å². The smallest absolute Gasteiger partial charge is 0.194 e. The van der Waals surface area contributed by atoms with Crippen LogP contribution in [0.5, 0.6) is 11.5 Å². The van der Waals surface area contributed by atoms with Crippen LogP contribution in [0.3, 0.4) is 0 Å². The number of aliphatic imine (C=N–C) groups is 1. The van der Waals surface area contributed by atoms with E-state index in [9.17, 15) is 0 Å². The third-order valence-electron chi connectivity index (χ3n) is 4.42. The van der Waals surface area contributed by atoms with Gasteiger partial charge in [0.25, 0.3) is 0 Å². The SMILES string of the molecule is CCNC(=NCc1ccc(OCC)c(OC)c1)N1CCC(OCC)CC1. The second-order valence-electron chi connectivity index (χ2n) is 6.23. The largest absolute Gasteiger partial charge is 0.493 e. The van der Waals surface area contributed by atoms with Gasteiger partial charge in [-0.05, 0) is 51.3 Å². The number of piperidine rings is 1. The molecule has 0 saturated carbocycles. The summed E-state index contributed by atoms with van der Waals surface area (Å²) in [5.74, 6) is 2.49. The van der Waals surface area contributed by atoms with Gasteiger partial charge in [0.15, 0.2) is 17.5 Å². The summed E-state index contributed by atoms with van der Waals surface area (Å²) in [6.45, 7) is 11.0. The highest BCUT2D eigenvalue weighted by molar-refractivity contribution is 5.80. The van der Waals surface area contributed by atoms with Gasteiger partial charge in [0, 0.05) is 26.2 Å². The zero-order chi connectivity index (χ0) is 18.8. The van der Waals surface area contributed by atoms with E-state index in [1.54, 1.807) is 7.11 Å². The van der Waals surface area contributed by atoms with Crippen molar-refractivity contribution < 1.29 is 14.2 Å². The molecular formula is C20H33N3O3. The quantitative estimate of drug-likeness (QED) is 0.568. The zero-order valence-electron chi connectivity index (χ0n) is 16.6. The lowest BCUT2D eigenvalue weighted by atomic mass is 10.1. The van der Waals surface area contributed by atoms with Crippen LogP contribution in [-0.4, -0.2) is 56.9 Å². The van der Waals surface area contributed by atoms with E-state index >= 15 is 0 Å². The number of nitrogens with zero attached hydrogens (tertiary/aromatic N) is 2. The molecule has 0 radical (unpaired) electrons. The Labute approximate surface area is 157 Å². The van der Waals surface area contributed by atoms with Crippen molar-refractivity contribution in [2.75, 3.05) is 40.0 Å². The molecule has 1 aromatic rings. The molecule has 0 spiro atoms. The van der Waals surface area contributed by atoms with Crippen molar-refractivity contribution in [2.45, 2.75) is 46.3 Å². The van der Waals surface area contributed by atoms with Gasteiger partial charge in [0.05, 0.1) is 26.4 Å². The number of hydrogen-bond donors (Lipinski definition) is 1. The van der Waals surface area contributed by atoms with Gasteiger partial charge >= 0.3 is 0 Å². The standard InChI is InChI=1S/C20H33N3O3/c1-5-21-20(23-12-10-17(11-13-23)25-6-2)22-15-16-8-9-18(26-7-3)19(14-16)24-4/h8-9,14,17H,5-7,10-13,15H2,1-4H3,(H,21,22). The van der Waals surface area contributed by atoms with Gasteiger partial charge in [-0.1, -0.05) is 6.07 Å². The van der Waals surface area contributed by atoms with Crippen LogP contribution in [0.1, 0.15) is 39.2 Å². The Bertz CT molecular complexity index is 569. The maximum atomic E-state index is 5.74. The summed E-state index contributed by atoms with van der Waals surface area (Å²) < 4.78 is 16.8. The van der Waals surface area contributed by atoms with E-state index in [2.05, 4.69) is 24.1 Å². The molecule has 146 valence electrons. The Morgan fingerprint density at radius 2 is 1.92 bits per heavy atom. The van der Waals surface area contributed by atoms with Gasteiger partial charge in [0.1, 0.15) is 0 Å². The van der Waals surface area contributed by atoms with Crippen molar-refractivity contribution in [3.05, 3.63) is 23.8 Å². The summed E-state index contributed by atoms with van der Waals surface area (Å²) in [4.78, 5) is 7.15. The molecule has 1 fully saturated rings. The molecule has 6 nitrogen and oxygen atoms in total. The third-order valence-corrected chi connectivity index (χ3v) is 4.42. The van der Waals surface area contributed by atoms with E-state index in [-0.39, 0.29) is 0 Å². The molecule has 0 aliphatic carbocycles. The van der Waals surface area contributed by atoms with Gasteiger partial charge in [-0.25, -0.2) is 4.99 Å². The number of nitrogens with one attached hydrogen (secondary N) is 1. The van der Waals surface area contributed by atoms with Crippen LogP contribution in [0.15, 0.2) is 23.2 Å². The maximum absolute atomic E-state index is 5.74. The number of likely N-dealkylation sites (tertiary alicyclic amines) is 1. The van der Waals surface area contributed by atoms with Crippen molar-refractivity contribution in [2.24, 2.45) is 4.99 Å². The van der Waals surface area contributed by atoms with Crippen LogP contribution in [-0.2, 0) is 11.3 Å². The van der Waals surface area contributed by atoms with Crippen molar-refractivity contribution in [1.29, 1.82) is 0 Å². The first kappa shape index (κ1) is 20.4. The van der Waals surface area contributed by atoms with E-state index in [1.165, 1.54) is 0 Å². The van der Waals surface area contributed by atoms with Crippen LogP contribution in [0.2, 0.25) is 0 Å². The number of benzene rings is 1. The van der Waals surface area contributed by atoms with E-state index in [0.29, 0.717) is 19.3 Å². The number of hydrogen-bond acceptors (Lipinski definition) is 4. The van der Waals surface area contributed by atoms with E-state index in [0.717, 1.165) is 62.1 Å². The fourth-order valence-electron chi connectivity index (χ4n) is 3.15. The lowest BCUT2D eigenvalue weighted by Crippen LogP contribution is -2.47. The molecule has 0 aromatic heterocycles. The molecule has 26 heavy (non-hydrogen) atoms. The highest BCUT2D eigenvalue weighted by atomic mass is 16.5. The molecule has 1 aliphatic rings. The predicted octanol–water partition coefficient (Wildman–Crippen LogP) is 3.06. The molecule has 1 heterocycles. The van der Waals surface area contributed by atoms with E-state index < -0.39 is 0 Å². The second-order valence-corrected chi connectivity index (χ2v) is 6.23. The monoisotopic (exact) mass is 363 g/mol. The Morgan fingerprint density at radius 1 is 1.15 bits per heavy atom. The van der Waals surface area contributed by atoms with Crippen LogP contribution in [0.25, 0.3) is 0 Å². The highest BCUT2D eigenvalue weighted by Gasteiger charge is 2.21. The topological polar surface area (TPSA) is 55.3 Å². The normalized spacial score (nSPS) is 15.8. The molecule has 0 unspecified atom stereocenters. The fourth-order valence-corrected chi connectivity index (χ4v) is 3.15. The van der Waals surface area contributed by atoms with Gasteiger partial charge in [-0.3, -0.25) is 0 Å². The summed E-state index contributed by atoms with van der Waals surface area (Å²) >= 11 is 0. The minimum atomic E-state index is 0.384. The van der Waals surface area contributed by atoms with Crippen LogP contribution < -0.4 is 14.8 Å². The van der Waals surface area contributed by atoms with Crippen molar-refractivity contribution >= 4 is 5.96 Å². The first-order chi connectivity index (χ1) is 12.7. The Hall–Kier alpha value is -1.95. The Kier molecular flexibility index (Phi) is 8.54. The predicted molar refractivity (Wildman–Crippen MR) is 105 cm³/mol. The first-order valence-electron chi connectivity index (χ1n) is 9.66. The molecule has 6 heteroatoms. The van der Waals surface area contributed by atoms with Gasteiger partial charge < -0.3 is 24.4 Å². The third kappa shape index (κ3) is 5.80. The highest BCUT2D eigenvalue weighted by Crippen LogP contribution is 2.28. The first-order valence-corrected chi connectivity index (χ1v) is 9.66. The molecule has 2 rings (SSSR count). The molecule has 1 N–H and O–H groups in total. The van der Waals surface area contributed by atoms with Crippen molar-refractivity contribution in [3.8, 4) is 11.5 Å². The summed E-state index contributed by atoms with van der Waals surface area (Å²) in [6, 6.07) is 6.00. The summed E-state index contributed by atoms with van der Waals surface area (Å²) in [7, 11) is 1.66. The second kappa shape index (κ2) is 10.9. The fraction of sp³-hybridized carbons (Fsp3) is 0.650. The summed E-state index contributed by atoms with van der Waals surface area (Å²) in [6.07, 6.45) is 2.49. The van der Waals surface area contributed by atoms with Crippen molar-refractivity contribution in [1.82, 2.24) is 10.2 Å². The molecule has 0 amide bonds. The van der Waals surface area contributed by atoms with Gasteiger partial charge in [0.2, 0.25) is 0 Å². The number of rotatable bonds is 8. The Balaban J connectivity index is 2.02. The van der Waals surface area contributed by atoms with E-state index in [1.807, 2.05) is 25.1 Å². The number of ether oxygens (including phenoxy) is 3. The van der Waals surface area contributed by atoms with Gasteiger partial charge in [-0.15, -0.1) is 0 Å². The van der Waals surface area contributed by atoms with Crippen LogP contribution in [0.4, 0.5) is 0 Å². The maximum Gasteiger partial charge on any atom is 0.194 e. The van der Waals surface area contributed by atoms with Crippen LogP contribution >= 0.6 is 0 Å². The molecule has 1 aromatic carbocycles. The molecule has 1 aliphatic heterocycles. The van der Waals surface area contributed by atoms with Crippen molar-refractivity contribution in [3.63, 3.8) is 0 Å². The summed E-state index contributed by atoms with van der Waals surface area (Å²) in [5, 5.41) is 3.41. The van der Waals surface area contributed by atoms with Crippen LogP contribution in [0, 0.1) is 0 Å². The molecule has 0 bridgehead atoms. The number of methoxy groups -OCH3 is 1. The number of guanidine groups is 1. The molecular weight excluding hydrogens is 330 g/mol. The minimum Gasteiger partial charge on any atom is -0.493 e. The molecule has 0 atom stereocenters. The zero-order valence-corrected chi connectivity index (χ0v) is 16.6.